The third-order valence-corrected chi connectivity index (χ3v) is 4.09. The van der Waals surface area contributed by atoms with E-state index in [1.165, 1.54) is 12.1 Å². The molecule has 2 aromatic carbocycles. The van der Waals surface area contributed by atoms with Gasteiger partial charge >= 0.3 is 6.18 Å². The highest BCUT2D eigenvalue weighted by Gasteiger charge is 2.29. The molecule has 4 rings (SSSR count). The molecule has 0 aliphatic carbocycles. The Labute approximate surface area is 158 Å². The first kappa shape index (κ1) is 17.8. The maximum Gasteiger partial charge on any atom is 0.416 e. The second-order valence-electron chi connectivity index (χ2n) is 6.11. The fourth-order valence-corrected chi connectivity index (χ4v) is 2.81. The number of benzene rings is 2. The fraction of sp³-hybridized carbons (Fsp3) is 0.100. The van der Waals surface area contributed by atoms with Gasteiger partial charge in [-0.2, -0.15) is 23.1 Å². The first-order chi connectivity index (χ1) is 13.4. The Morgan fingerprint density at radius 2 is 1.61 bits per heavy atom. The predicted octanol–water partition coefficient (Wildman–Crippen LogP) is 5.16. The van der Waals surface area contributed by atoms with Gasteiger partial charge in [0, 0.05) is 22.8 Å². The number of hydrogen-bond donors (Lipinski definition) is 1. The van der Waals surface area contributed by atoms with Crippen LogP contribution in [0, 0.1) is 6.92 Å². The molecule has 2 aromatic heterocycles. The first-order valence-electron chi connectivity index (χ1n) is 8.41. The van der Waals surface area contributed by atoms with E-state index in [-0.39, 0.29) is 5.95 Å². The molecule has 0 bridgehead atoms. The highest BCUT2D eigenvalue weighted by molar-refractivity contribution is 5.91. The number of anilines is 2. The van der Waals surface area contributed by atoms with Gasteiger partial charge in [-0.15, -0.1) is 0 Å². The van der Waals surface area contributed by atoms with Gasteiger partial charge < -0.3 is 5.32 Å². The van der Waals surface area contributed by atoms with Crippen LogP contribution in [0.4, 0.5) is 24.8 Å². The van der Waals surface area contributed by atoms with Crippen molar-refractivity contribution in [2.75, 3.05) is 5.32 Å². The van der Waals surface area contributed by atoms with E-state index >= 15 is 0 Å². The lowest BCUT2D eigenvalue weighted by atomic mass is 10.1. The van der Waals surface area contributed by atoms with Crippen molar-refractivity contribution in [3.05, 3.63) is 72.2 Å². The Bertz CT molecular complexity index is 1140. The Kier molecular flexibility index (Phi) is 4.38. The molecule has 0 atom stereocenters. The third kappa shape index (κ3) is 3.62. The monoisotopic (exact) mass is 381 g/mol. The minimum absolute atomic E-state index is 0.246. The van der Waals surface area contributed by atoms with Crippen LogP contribution in [0.1, 0.15) is 11.4 Å². The molecule has 140 valence electrons. The molecule has 5 nitrogen and oxygen atoms in total. The molecule has 2 heterocycles. The molecule has 0 saturated carbocycles. The Morgan fingerprint density at radius 1 is 0.857 bits per heavy atom. The van der Waals surface area contributed by atoms with E-state index in [2.05, 4.69) is 25.3 Å². The number of para-hydroxylation sites is 1. The standard InChI is InChI=1S/C20H14F3N5/c1-12-25-18(16-6-2-4-13-5-3-11-24-17(13)16)28-19(26-12)27-15-9-7-14(8-10-15)20(21,22)23/h2-11H,1H3,(H,25,26,27,28). The largest absolute Gasteiger partial charge is 0.416 e. The van der Waals surface area contributed by atoms with E-state index in [0.717, 1.165) is 28.6 Å². The summed E-state index contributed by atoms with van der Waals surface area (Å²) in [6.45, 7) is 1.72. The number of nitrogens with zero attached hydrogens (tertiary/aromatic N) is 4. The summed E-state index contributed by atoms with van der Waals surface area (Å²) in [6, 6.07) is 14.2. The molecular formula is C20H14F3N5. The van der Waals surface area contributed by atoms with Crippen molar-refractivity contribution in [3.8, 4) is 11.4 Å². The molecule has 0 aliphatic heterocycles. The van der Waals surface area contributed by atoms with Crippen molar-refractivity contribution >= 4 is 22.5 Å². The van der Waals surface area contributed by atoms with Crippen LogP contribution in [0.2, 0.25) is 0 Å². The van der Waals surface area contributed by atoms with Gasteiger partial charge in [0.1, 0.15) is 5.82 Å². The van der Waals surface area contributed by atoms with E-state index in [9.17, 15) is 13.2 Å². The van der Waals surface area contributed by atoms with Crippen molar-refractivity contribution in [1.82, 2.24) is 19.9 Å². The summed E-state index contributed by atoms with van der Waals surface area (Å²) < 4.78 is 38.1. The number of pyridine rings is 1. The molecular weight excluding hydrogens is 367 g/mol. The van der Waals surface area contributed by atoms with E-state index < -0.39 is 11.7 Å². The number of rotatable bonds is 3. The van der Waals surface area contributed by atoms with Crippen molar-refractivity contribution in [1.29, 1.82) is 0 Å². The van der Waals surface area contributed by atoms with Crippen LogP contribution in [-0.4, -0.2) is 19.9 Å². The third-order valence-electron chi connectivity index (χ3n) is 4.09. The van der Waals surface area contributed by atoms with Gasteiger partial charge in [0.05, 0.1) is 11.1 Å². The second-order valence-corrected chi connectivity index (χ2v) is 6.11. The van der Waals surface area contributed by atoms with Crippen LogP contribution in [0.15, 0.2) is 60.8 Å². The van der Waals surface area contributed by atoms with Crippen molar-refractivity contribution in [3.63, 3.8) is 0 Å². The lowest BCUT2D eigenvalue weighted by Gasteiger charge is -2.10. The smallest absolute Gasteiger partial charge is 0.324 e. The van der Waals surface area contributed by atoms with Crippen LogP contribution in [0.25, 0.3) is 22.3 Å². The number of halogens is 3. The van der Waals surface area contributed by atoms with Crippen LogP contribution < -0.4 is 5.32 Å². The van der Waals surface area contributed by atoms with Crippen molar-refractivity contribution in [2.24, 2.45) is 0 Å². The van der Waals surface area contributed by atoms with Gasteiger partial charge in [0.25, 0.3) is 0 Å². The van der Waals surface area contributed by atoms with Gasteiger partial charge in [-0.25, -0.2) is 4.98 Å². The summed E-state index contributed by atoms with van der Waals surface area (Å²) in [5.41, 5.74) is 1.24. The minimum atomic E-state index is -4.38. The summed E-state index contributed by atoms with van der Waals surface area (Å²) in [6.07, 6.45) is -2.68. The normalized spacial score (nSPS) is 11.6. The van der Waals surface area contributed by atoms with Gasteiger partial charge in [-0.3, -0.25) is 4.98 Å². The van der Waals surface area contributed by atoms with Crippen LogP contribution >= 0.6 is 0 Å². The molecule has 28 heavy (non-hydrogen) atoms. The first-order valence-corrected chi connectivity index (χ1v) is 8.41. The topological polar surface area (TPSA) is 63.6 Å². The highest BCUT2D eigenvalue weighted by atomic mass is 19.4. The average molecular weight is 381 g/mol. The van der Waals surface area contributed by atoms with Gasteiger partial charge in [-0.1, -0.05) is 18.2 Å². The molecule has 0 fully saturated rings. The summed E-state index contributed by atoms with van der Waals surface area (Å²) in [7, 11) is 0. The van der Waals surface area contributed by atoms with E-state index in [0.29, 0.717) is 17.3 Å². The lowest BCUT2D eigenvalue weighted by molar-refractivity contribution is -0.137. The number of hydrogen-bond acceptors (Lipinski definition) is 5. The van der Waals surface area contributed by atoms with Gasteiger partial charge in [0.2, 0.25) is 5.95 Å². The van der Waals surface area contributed by atoms with Crippen molar-refractivity contribution < 1.29 is 13.2 Å². The quantitative estimate of drug-likeness (QED) is 0.531. The molecule has 4 aromatic rings. The Hall–Kier alpha value is -3.55. The number of alkyl halides is 3. The molecule has 0 spiro atoms. The lowest BCUT2D eigenvalue weighted by Crippen LogP contribution is -2.06. The summed E-state index contributed by atoms with van der Waals surface area (Å²) in [5, 5.41) is 3.89. The Morgan fingerprint density at radius 3 is 2.36 bits per heavy atom. The zero-order chi connectivity index (χ0) is 19.7. The molecule has 1 N–H and O–H groups in total. The molecule has 0 unspecified atom stereocenters. The van der Waals surface area contributed by atoms with Gasteiger partial charge in [-0.05, 0) is 43.3 Å². The van der Waals surface area contributed by atoms with Gasteiger partial charge in [0.15, 0.2) is 5.82 Å². The number of aromatic nitrogens is 4. The van der Waals surface area contributed by atoms with Crippen LogP contribution in [0.3, 0.4) is 0 Å². The molecule has 0 saturated heterocycles. The summed E-state index contributed by atoms with van der Waals surface area (Å²) >= 11 is 0. The summed E-state index contributed by atoms with van der Waals surface area (Å²) in [5.74, 6) is 1.16. The maximum absolute atomic E-state index is 12.7. The zero-order valence-corrected chi connectivity index (χ0v) is 14.7. The maximum atomic E-state index is 12.7. The van der Waals surface area contributed by atoms with E-state index in [4.69, 9.17) is 0 Å². The highest BCUT2D eigenvalue weighted by Crippen LogP contribution is 2.30. The van der Waals surface area contributed by atoms with Crippen LogP contribution in [0.5, 0.6) is 0 Å². The second kappa shape index (κ2) is 6.88. The zero-order valence-electron chi connectivity index (χ0n) is 14.7. The minimum Gasteiger partial charge on any atom is -0.324 e. The number of nitrogens with one attached hydrogen (secondary N) is 1. The molecule has 0 amide bonds. The SMILES string of the molecule is Cc1nc(Nc2ccc(C(F)(F)F)cc2)nc(-c2cccc3cccnc23)n1. The Balaban J connectivity index is 1.70. The van der Waals surface area contributed by atoms with Crippen molar-refractivity contribution in [2.45, 2.75) is 13.1 Å². The fourth-order valence-electron chi connectivity index (χ4n) is 2.81. The average Bonchev–Trinajstić information content (AvgIpc) is 2.67. The molecule has 0 aliphatic rings. The van der Waals surface area contributed by atoms with E-state index in [1.54, 1.807) is 13.1 Å². The number of aryl methyl sites for hydroxylation is 1. The van der Waals surface area contributed by atoms with Crippen LogP contribution in [-0.2, 0) is 6.18 Å². The molecule has 0 radical (unpaired) electrons. The predicted molar refractivity (Wildman–Crippen MR) is 100 cm³/mol. The summed E-state index contributed by atoms with van der Waals surface area (Å²) in [4.78, 5) is 17.5. The van der Waals surface area contributed by atoms with E-state index in [1.807, 2.05) is 30.3 Å². The molecule has 8 heteroatoms. The number of fused-ring (bicyclic) bond motifs is 1.